The maximum Gasteiger partial charge on any atom is 0.229 e. The summed E-state index contributed by atoms with van der Waals surface area (Å²) < 4.78 is 27.3. The lowest BCUT2D eigenvalue weighted by Gasteiger charge is -2.42. The molecule has 3 rings (SSSR count). The summed E-state index contributed by atoms with van der Waals surface area (Å²) in [6.45, 7) is -1.99. The molecule has 186 valence electrons. The Balaban J connectivity index is 1.78. The first kappa shape index (κ1) is 25.8. The van der Waals surface area contributed by atoms with Gasteiger partial charge in [-0.3, -0.25) is 0 Å². The molecule has 12 heteroatoms. The van der Waals surface area contributed by atoms with Gasteiger partial charge in [0.2, 0.25) is 6.29 Å². The fourth-order valence-corrected chi connectivity index (χ4v) is 3.57. The average Bonchev–Trinajstić information content (AvgIpc) is 3.11. The molecule has 2 saturated heterocycles. The van der Waals surface area contributed by atoms with E-state index in [0.717, 1.165) is 0 Å². The van der Waals surface area contributed by atoms with E-state index in [2.05, 4.69) is 0 Å². The van der Waals surface area contributed by atoms with Crippen LogP contribution < -0.4 is 9.47 Å². The third kappa shape index (κ3) is 5.46. The van der Waals surface area contributed by atoms with Crippen LogP contribution in [0.5, 0.6) is 11.5 Å². The lowest BCUT2D eigenvalue weighted by molar-refractivity contribution is -0.313. The predicted molar refractivity (Wildman–Crippen MR) is 110 cm³/mol. The van der Waals surface area contributed by atoms with E-state index in [1.165, 1.54) is 13.2 Å². The molecule has 2 heterocycles. The van der Waals surface area contributed by atoms with Crippen LogP contribution in [-0.2, 0) is 14.2 Å². The second-order valence-corrected chi connectivity index (χ2v) is 7.81. The molecule has 0 aliphatic carbocycles. The summed E-state index contributed by atoms with van der Waals surface area (Å²) in [6, 6.07) is 4.84. The zero-order valence-electron chi connectivity index (χ0n) is 17.9. The number of methoxy groups -OCH3 is 1. The van der Waals surface area contributed by atoms with Gasteiger partial charge in [0.1, 0.15) is 36.1 Å². The average molecular weight is 474 g/mol. The van der Waals surface area contributed by atoms with E-state index in [4.69, 9.17) is 28.8 Å². The van der Waals surface area contributed by atoms with Gasteiger partial charge in [-0.15, -0.1) is 0 Å². The fraction of sp³-hybridized carbons (Fsp3) is 0.619. The van der Waals surface area contributed by atoms with Gasteiger partial charge in [-0.2, -0.15) is 0 Å². The van der Waals surface area contributed by atoms with Crippen molar-refractivity contribution in [3.8, 4) is 11.5 Å². The van der Waals surface area contributed by atoms with Gasteiger partial charge in [0.05, 0.1) is 33.5 Å². The van der Waals surface area contributed by atoms with Gasteiger partial charge < -0.3 is 59.4 Å². The van der Waals surface area contributed by atoms with Crippen LogP contribution in [0.3, 0.4) is 0 Å². The Bertz CT molecular complexity index is 803. The van der Waals surface area contributed by atoms with Crippen LogP contribution in [0.1, 0.15) is 5.56 Å². The van der Waals surface area contributed by atoms with Crippen molar-refractivity contribution in [2.24, 2.45) is 0 Å². The van der Waals surface area contributed by atoms with Gasteiger partial charge in [-0.1, -0.05) is 18.2 Å². The molecule has 7 N–H and O–H groups in total. The molecule has 33 heavy (non-hydrogen) atoms. The molecule has 0 saturated carbocycles. The van der Waals surface area contributed by atoms with E-state index in [0.29, 0.717) is 5.56 Å². The van der Waals surface area contributed by atoms with Crippen molar-refractivity contribution in [2.45, 2.75) is 48.7 Å². The van der Waals surface area contributed by atoms with Crippen molar-refractivity contribution in [1.82, 2.24) is 0 Å². The van der Waals surface area contributed by atoms with Gasteiger partial charge in [-0.25, -0.2) is 0 Å². The third-order valence-corrected chi connectivity index (χ3v) is 5.54. The molecule has 0 radical (unpaired) electrons. The highest BCUT2D eigenvalue weighted by molar-refractivity contribution is 5.56. The van der Waals surface area contributed by atoms with Crippen LogP contribution >= 0.6 is 0 Å². The predicted octanol–water partition coefficient (Wildman–Crippen LogP) is -2.66. The molecule has 0 spiro atoms. The summed E-state index contributed by atoms with van der Waals surface area (Å²) in [5, 5.41) is 69.5. The van der Waals surface area contributed by atoms with Crippen molar-refractivity contribution in [3.63, 3.8) is 0 Å². The molecule has 1 aromatic rings. The molecule has 2 aliphatic heterocycles. The Morgan fingerprint density at radius 1 is 1.09 bits per heavy atom. The van der Waals surface area contributed by atoms with Crippen molar-refractivity contribution in [3.05, 3.63) is 29.8 Å². The second-order valence-electron chi connectivity index (χ2n) is 7.81. The topological polar surface area (TPSA) is 188 Å². The van der Waals surface area contributed by atoms with Gasteiger partial charge >= 0.3 is 0 Å². The fourth-order valence-electron chi connectivity index (χ4n) is 3.57. The van der Waals surface area contributed by atoms with Crippen molar-refractivity contribution in [1.29, 1.82) is 0 Å². The van der Waals surface area contributed by atoms with Crippen LogP contribution in [0.25, 0.3) is 6.08 Å². The van der Waals surface area contributed by atoms with Crippen molar-refractivity contribution >= 4 is 6.08 Å². The van der Waals surface area contributed by atoms with Crippen LogP contribution in [0, 0.1) is 0 Å². The molecule has 1 aromatic carbocycles. The zero-order valence-corrected chi connectivity index (χ0v) is 17.9. The second kappa shape index (κ2) is 11.1. The van der Waals surface area contributed by atoms with E-state index in [9.17, 15) is 30.6 Å². The number of hydrogen-bond donors (Lipinski definition) is 7. The lowest BCUT2D eigenvalue weighted by atomic mass is 9.98. The quantitative estimate of drug-likeness (QED) is 0.197. The number of aliphatic hydroxyl groups is 7. The third-order valence-electron chi connectivity index (χ3n) is 5.54. The Kier molecular flexibility index (Phi) is 8.64. The maximum absolute atomic E-state index is 10.8. The molecule has 0 amide bonds. The standard InChI is InChI=1S/C21H30O12/c1-29-13-7-11(3-2-6-22)4-5-12(13)31-19-16(26)17(15(25)14(8-23)32-19)33-20-18(27)21(28,9-24)10-30-20/h2-5,7,14-20,22-28H,6,8-10H2,1H3/b3-2+/t14-,15-,16-,17+,18+,19-,20+,21-/m1/s1. The van der Waals surface area contributed by atoms with Crippen LogP contribution in [0.15, 0.2) is 24.3 Å². The molecular formula is C21H30O12. The number of ether oxygens (including phenoxy) is 5. The number of rotatable bonds is 9. The Labute approximate surface area is 189 Å². The summed E-state index contributed by atoms with van der Waals surface area (Å²) >= 11 is 0. The molecule has 2 fully saturated rings. The normalized spacial score (nSPS) is 36.9. The largest absolute Gasteiger partial charge is 0.493 e. The van der Waals surface area contributed by atoms with Gasteiger partial charge in [0.25, 0.3) is 0 Å². The summed E-state index contributed by atoms with van der Waals surface area (Å²) in [7, 11) is 1.41. The highest BCUT2D eigenvalue weighted by Gasteiger charge is 2.53. The monoisotopic (exact) mass is 474 g/mol. The smallest absolute Gasteiger partial charge is 0.229 e. The SMILES string of the molecule is COc1cc(/C=C/CO)ccc1O[C@@H]1O[C@H](CO)[C@@H](O)[C@H](O[C@@H]2OC[C@](O)(CO)[C@H]2O)[C@H]1O. The summed E-state index contributed by atoms with van der Waals surface area (Å²) in [4.78, 5) is 0. The molecular weight excluding hydrogens is 444 g/mol. The van der Waals surface area contributed by atoms with E-state index in [-0.39, 0.29) is 18.1 Å². The van der Waals surface area contributed by atoms with Gasteiger partial charge in [0.15, 0.2) is 17.8 Å². The van der Waals surface area contributed by atoms with Crippen LogP contribution in [0.4, 0.5) is 0 Å². The first-order valence-electron chi connectivity index (χ1n) is 10.3. The first-order chi connectivity index (χ1) is 15.8. The molecule has 0 unspecified atom stereocenters. The van der Waals surface area contributed by atoms with Gasteiger partial charge in [0, 0.05) is 0 Å². The lowest BCUT2D eigenvalue weighted by Crippen LogP contribution is -2.62. The first-order valence-corrected chi connectivity index (χ1v) is 10.3. The molecule has 2 aliphatic rings. The zero-order chi connectivity index (χ0) is 24.2. The van der Waals surface area contributed by atoms with E-state index in [1.807, 2.05) is 0 Å². The minimum absolute atomic E-state index is 0.135. The summed E-state index contributed by atoms with van der Waals surface area (Å²) in [5.74, 6) is 0.471. The number of benzene rings is 1. The van der Waals surface area contributed by atoms with E-state index < -0.39 is 68.5 Å². The van der Waals surface area contributed by atoms with Crippen molar-refractivity contribution < 1.29 is 59.4 Å². The Morgan fingerprint density at radius 2 is 1.85 bits per heavy atom. The molecule has 12 nitrogen and oxygen atoms in total. The maximum atomic E-state index is 10.8. The number of aliphatic hydroxyl groups excluding tert-OH is 6. The summed E-state index contributed by atoms with van der Waals surface area (Å²) in [5.41, 5.74) is -1.25. The van der Waals surface area contributed by atoms with Crippen LogP contribution in [0.2, 0.25) is 0 Å². The van der Waals surface area contributed by atoms with E-state index in [1.54, 1.807) is 24.3 Å². The minimum Gasteiger partial charge on any atom is -0.493 e. The minimum atomic E-state index is -1.96. The Hall–Kier alpha value is -1.84. The Morgan fingerprint density at radius 3 is 2.45 bits per heavy atom. The van der Waals surface area contributed by atoms with Gasteiger partial charge in [-0.05, 0) is 17.7 Å². The van der Waals surface area contributed by atoms with Crippen molar-refractivity contribution in [2.75, 3.05) is 33.5 Å². The highest BCUT2D eigenvalue weighted by Crippen LogP contribution is 2.34. The molecule has 0 bridgehead atoms. The van der Waals surface area contributed by atoms with Crippen LogP contribution in [-0.4, -0.2) is 118 Å². The molecule has 0 aromatic heterocycles. The molecule has 8 atom stereocenters. The highest BCUT2D eigenvalue weighted by atomic mass is 16.7. The summed E-state index contributed by atoms with van der Waals surface area (Å²) in [6.07, 6.45) is -7.14. The number of hydrogen-bond acceptors (Lipinski definition) is 12. The van der Waals surface area contributed by atoms with E-state index >= 15 is 0 Å².